The van der Waals surface area contributed by atoms with Crippen LogP contribution in [0.15, 0.2) is 24.4 Å². The summed E-state index contributed by atoms with van der Waals surface area (Å²) in [5.41, 5.74) is 2.48. The molecule has 0 atom stereocenters. The summed E-state index contributed by atoms with van der Waals surface area (Å²) in [5.74, 6) is 0. The van der Waals surface area contributed by atoms with Crippen molar-refractivity contribution >= 4 is 10.9 Å². The molecule has 2 nitrogen and oxygen atoms in total. The number of aromatic amines is 1. The maximum absolute atomic E-state index is 3.95. The van der Waals surface area contributed by atoms with Gasteiger partial charge in [-0.05, 0) is 18.1 Å². The van der Waals surface area contributed by atoms with Crippen LogP contribution in [0.5, 0.6) is 0 Å². The molecule has 0 unspecified atom stereocenters. The Balaban J connectivity index is 0.000000396. The molecule has 0 spiro atoms. The second-order valence-electron chi connectivity index (χ2n) is 2.65. The molecule has 0 saturated heterocycles. The van der Waals surface area contributed by atoms with Gasteiger partial charge in [0, 0.05) is 5.39 Å². The van der Waals surface area contributed by atoms with E-state index < -0.39 is 0 Å². The molecule has 0 aliphatic carbocycles. The minimum Gasteiger partial charge on any atom is -0.278 e. The lowest BCUT2D eigenvalue weighted by Gasteiger charge is -1.93. The largest absolute Gasteiger partial charge is 0.278 e. The van der Waals surface area contributed by atoms with Gasteiger partial charge in [-0.15, -0.1) is 0 Å². The highest BCUT2D eigenvalue weighted by atomic mass is 15.1. The minimum atomic E-state index is 1.08. The van der Waals surface area contributed by atoms with Crippen molar-refractivity contribution in [2.24, 2.45) is 0 Å². The van der Waals surface area contributed by atoms with Crippen LogP contribution in [0.2, 0.25) is 0 Å². The highest BCUT2D eigenvalue weighted by Gasteiger charge is 1.94. The highest BCUT2D eigenvalue weighted by Crippen LogP contribution is 2.12. The fraction of sp³-hybridized carbons (Fsp3) is 0.364. The number of hydrogen-bond donors (Lipinski definition) is 1. The molecule has 0 aliphatic rings. The van der Waals surface area contributed by atoms with Crippen molar-refractivity contribution in [2.45, 2.75) is 27.2 Å². The molecule has 0 bridgehead atoms. The molecule has 1 aromatic heterocycles. The topological polar surface area (TPSA) is 28.7 Å². The van der Waals surface area contributed by atoms with E-state index in [1.165, 1.54) is 10.9 Å². The third-order valence-corrected chi connectivity index (χ3v) is 1.91. The first-order chi connectivity index (χ1) is 6.40. The minimum absolute atomic E-state index is 1.08. The molecule has 0 saturated carbocycles. The number of nitrogens with one attached hydrogen (secondary N) is 1. The zero-order chi connectivity index (χ0) is 9.68. The number of aryl methyl sites for hydroxylation is 1. The molecular weight excluding hydrogens is 160 g/mol. The van der Waals surface area contributed by atoms with Crippen molar-refractivity contribution in [3.8, 4) is 0 Å². The SMILES string of the molecule is CC.CCc1ccc2cn[nH]c2c1. The van der Waals surface area contributed by atoms with E-state index in [0.717, 1.165) is 11.9 Å². The van der Waals surface area contributed by atoms with Crippen molar-refractivity contribution in [1.82, 2.24) is 10.2 Å². The first kappa shape index (κ1) is 9.78. The van der Waals surface area contributed by atoms with Gasteiger partial charge in [0.1, 0.15) is 0 Å². The van der Waals surface area contributed by atoms with Crippen molar-refractivity contribution in [3.05, 3.63) is 30.0 Å². The van der Waals surface area contributed by atoms with Crippen LogP contribution in [0.1, 0.15) is 26.3 Å². The smallest absolute Gasteiger partial charge is 0.0653 e. The van der Waals surface area contributed by atoms with Gasteiger partial charge in [0.25, 0.3) is 0 Å². The van der Waals surface area contributed by atoms with E-state index in [0.29, 0.717) is 0 Å². The lowest BCUT2D eigenvalue weighted by molar-refractivity contribution is 1.11. The molecule has 1 heterocycles. The van der Waals surface area contributed by atoms with Crippen molar-refractivity contribution in [1.29, 1.82) is 0 Å². The average Bonchev–Trinajstić information content (AvgIpc) is 2.67. The van der Waals surface area contributed by atoms with Crippen LogP contribution in [-0.2, 0) is 6.42 Å². The van der Waals surface area contributed by atoms with E-state index in [4.69, 9.17) is 0 Å². The van der Waals surface area contributed by atoms with Gasteiger partial charge < -0.3 is 0 Å². The Kier molecular flexibility index (Phi) is 3.50. The molecule has 0 fully saturated rings. The van der Waals surface area contributed by atoms with Gasteiger partial charge in [-0.25, -0.2) is 0 Å². The van der Waals surface area contributed by atoms with E-state index in [-0.39, 0.29) is 0 Å². The van der Waals surface area contributed by atoms with Crippen molar-refractivity contribution in [3.63, 3.8) is 0 Å². The molecule has 2 rings (SSSR count). The van der Waals surface area contributed by atoms with Crippen LogP contribution in [0.3, 0.4) is 0 Å². The summed E-state index contributed by atoms with van der Waals surface area (Å²) in [6.07, 6.45) is 2.92. The Morgan fingerprint density at radius 1 is 1.31 bits per heavy atom. The summed E-state index contributed by atoms with van der Waals surface area (Å²) >= 11 is 0. The molecule has 2 aromatic rings. The van der Waals surface area contributed by atoms with Crippen LogP contribution < -0.4 is 0 Å². The first-order valence-corrected chi connectivity index (χ1v) is 4.82. The van der Waals surface area contributed by atoms with Gasteiger partial charge in [-0.3, -0.25) is 5.10 Å². The monoisotopic (exact) mass is 176 g/mol. The summed E-state index contributed by atoms with van der Waals surface area (Å²) in [6.45, 7) is 6.15. The second kappa shape index (κ2) is 4.65. The zero-order valence-electron chi connectivity index (χ0n) is 8.46. The molecule has 0 amide bonds. The summed E-state index contributed by atoms with van der Waals surface area (Å²) in [4.78, 5) is 0. The molecule has 1 N–H and O–H groups in total. The molecular formula is C11H16N2. The number of fused-ring (bicyclic) bond motifs is 1. The van der Waals surface area contributed by atoms with Crippen LogP contribution in [-0.4, -0.2) is 10.2 Å². The molecule has 13 heavy (non-hydrogen) atoms. The van der Waals surface area contributed by atoms with Crippen molar-refractivity contribution in [2.75, 3.05) is 0 Å². The third-order valence-electron chi connectivity index (χ3n) is 1.91. The van der Waals surface area contributed by atoms with Gasteiger partial charge in [0.15, 0.2) is 0 Å². The Labute approximate surface area is 79.0 Å². The lowest BCUT2D eigenvalue weighted by atomic mass is 10.1. The predicted octanol–water partition coefficient (Wildman–Crippen LogP) is 3.15. The molecule has 0 radical (unpaired) electrons. The Hall–Kier alpha value is -1.31. The Morgan fingerprint density at radius 2 is 2.08 bits per heavy atom. The number of hydrogen-bond acceptors (Lipinski definition) is 1. The molecule has 0 aliphatic heterocycles. The number of H-pyrrole nitrogens is 1. The Morgan fingerprint density at radius 3 is 2.77 bits per heavy atom. The fourth-order valence-corrected chi connectivity index (χ4v) is 1.20. The summed E-state index contributed by atoms with van der Waals surface area (Å²) in [5, 5.41) is 8.08. The maximum atomic E-state index is 3.95. The first-order valence-electron chi connectivity index (χ1n) is 4.82. The number of rotatable bonds is 1. The normalized spacial score (nSPS) is 9.46. The van der Waals surface area contributed by atoms with Crippen LogP contribution in [0, 0.1) is 0 Å². The van der Waals surface area contributed by atoms with E-state index in [9.17, 15) is 0 Å². The predicted molar refractivity (Wildman–Crippen MR) is 56.8 cm³/mol. The zero-order valence-corrected chi connectivity index (χ0v) is 8.46. The molecule has 2 heteroatoms. The van der Waals surface area contributed by atoms with Crippen LogP contribution >= 0.6 is 0 Å². The fourth-order valence-electron chi connectivity index (χ4n) is 1.20. The average molecular weight is 176 g/mol. The molecule has 1 aromatic carbocycles. The molecule has 70 valence electrons. The number of nitrogens with zero attached hydrogens (tertiary/aromatic N) is 1. The van der Waals surface area contributed by atoms with Crippen LogP contribution in [0.25, 0.3) is 10.9 Å². The standard InChI is InChI=1S/C9H10N2.C2H6/c1-2-7-3-4-8-6-10-11-9(8)5-7;1-2/h3-6H,2H2,1H3,(H,10,11);1-2H3. The van der Waals surface area contributed by atoms with Gasteiger partial charge in [-0.1, -0.05) is 32.9 Å². The third kappa shape index (κ3) is 2.08. The maximum Gasteiger partial charge on any atom is 0.0653 e. The van der Waals surface area contributed by atoms with E-state index in [2.05, 4.69) is 35.3 Å². The van der Waals surface area contributed by atoms with Gasteiger partial charge in [0.2, 0.25) is 0 Å². The summed E-state index contributed by atoms with van der Waals surface area (Å²) in [7, 11) is 0. The van der Waals surface area contributed by atoms with Gasteiger partial charge in [-0.2, -0.15) is 5.10 Å². The lowest BCUT2D eigenvalue weighted by Crippen LogP contribution is -1.78. The van der Waals surface area contributed by atoms with E-state index in [1.54, 1.807) is 0 Å². The van der Waals surface area contributed by atoms with Crippen LogP contribution in [0.4, 0.5) is 0 Å². The van der Waals surface area contributed by atoms with E-state index >= 15 is 0 Å². The highest BCUT2D eigenvalue weighted by molar-refractivity contribution is 5.78. The summed E-state index contributed by atoms with van der Waals surface area (Å²) in [6, 6.07) is 6.37. The van der Waals surface area contributed by atoms with Gasteiger partial charge in [0.05, 0.1) is 11.7 Å². The Bertz CT molecular complexity index is 363. The number of aromatic nitrogens is 2. The van der Waals surface area contributed by atoms with Crippen molar-refractivity contribution < 1.29 is 0 Å². The van der Waals surface area contributed by atoms with E-state index in [1.807, 2.05) is 20.0 Å². The summed E-state index contributed by atoms with van der Waals surface area (Å²) < 4.78 is 0. The van der Waals surface area contributed by atoms with Gasteiger partial charge >= 0.3 is 0 Å². The number of benzene rings is 1. The second-order valence-corrected chi connectivity index (χ2v) is 2.65. The quantitative estimate of drug-likeness (QED) is 0.710.